The molecule has 0 heterocycles. The number of carboxylic acids is 1. The first kappa shape index (κ1) is 21.7. The molecule has 0 radical (unpaired) electrons. The van der Waals surface area contributed by atoms with E-state index in [9.17, 15) is 9.90 Å². The topological polar surface area (TPSA) is 37.3 Å². The number of hydrogen-bond acceptors (Lipinski definition) is 1. The molecule has 0 fully saturated rings. The zero-order valence-electron chi connectivity index (χ0n) is 18.8. The van der Waals surface area contributed by atoms with E-state index in [1.807, 2.05) is 66.7 Å². The summed E-state index contributed by atoms with van der Waals surface area (Å²) in [5, 5.41) is 13.0. The van der Waals surface area contributed by atoms with E-state index in [2.05, 4.69) is 66.7 Å². The fourth-order valence-corrected chi connectivity index (χ4v) is 5.23. The lowest BCUT2D eigenvalue weighted by Gasteiger charge is -2.41. The van der Waals surface area contributed by atoms with Gasteiger partial charge < -0.3 is 5.11 Å². The van der Waals surface area contributed by atoms with E-state index in [0.29, 0.717) is 6.42 Å². The first-order valence-corrected chi connectivity index (χ1v) is 11.6. The summed E-state index contributed by atoms with van der Waals surface area (Å²) >= 11 is 0. The molecule has 0 aliphatic carbocycles. The van der Waals surface area contributed by atoms with Gasteiger partial charge in [0.2, 0.25) is 0 Å². The Bertz CT molecular complexity index is 1300. The molecule has 2 nitrogen and oxygen atoms in total. The van der Waals surface area contributed by atoms with Crippen molar-refractivity contribution in [2.45, 2.75) is 11.8 Å². The van der Waals surface area contributed by atoms with Crippen LogP contribution in [-0.2, 0) is 16.6 Å². The SMILES string of the molecule is O=C(O)[C@@H](Cc1ccc2ccccc2c1)C(c1ccccc1)(c1ccccc1)c1ccccc1. The van der Waals surface area contributed by atoms with E-state index in [-0.39, 0.29) is 0 Å². The van der Waals surface area contributed by atoms with Gasteiger partial charge in [-0.05, 0) is 39.4 Å². The molecular formula is C32H26O2. The van der Waals surface area contributed by atoms with Crippen LogP contribution in [0.5, 0.6) is 0 Å². The maximum absolute atomic E-state index is 13.1. The molecule has 0 spiro atoms. The Kier molecular flexibility index (Phi) is 5.97. The minimum absolute atomic E-state index is 0.402. The van der Waals surface area contributed by atoms with Gasteiger partial charge >= 0.3 is 5.97 Å². The number of carboxylic acid groups (broad SMARTS) is 1. The Morgan fingerprint density at radius 1 is 0.588 bits per heavy atom. The third-order valence-electron chi connectivity index (χ3n) is 6.76. The smallest absolute Gasteiger partial charge is 0.308 e. The summed E-state index contributed by atoms with van der Waals surface area (Å²) < 4.78 is 0. The maximum Gasteiger partial charge on any atom is 0.308 e. The Morgan fingerprint density at radius 2 is 1.03 bits per heavy atom. The van der Waals surface area contributed by atoms with Crippen molar-refractivity contribution in [3.8, 4) is 0 Å². The summed E-state index contributed by atoms with van der Waals surface area (Å²) in [6.07, 6.45) is 0.402. The molecule has 2 heteroatoms. The molecule has 1 N–H and O–H groups in total. The second-order valence-corrected chi connectivity index (χ2v) is 8.68. The highest BCUT2D eigenvalue weighted by molar-refractivity contribution is 5.83. The third kappa shape index (κ3) is 3.88. The van der Waals surface area contributed by atoms with Crippen molar-refractivity contribution in [2.24, 2.45) is 5.92 Å². The Hall–Kier alpha value is -4.17. The van der Waals surface area contributed by atoms with Crippen LogP contribution in [0.15, 0.2) is 133 Å². The molecule has 0 amide bonds. The van der Waals surface area contributed by atoms with Crippen molar-refractivity contribution in [1.82, 2.24) is 0 Å². The van der Waals surface area contributed by atoms with Crippen molar-refractivity contribution in [2.75, 3.05) is 0 Å². The molecule has 0 saturated heterocycles. The van der Waals surface area contributed by atoms with Gasteiger partial charge in [0, 0.05) is 0 Å². The van der Waals surface area contributed by atoms with Crippen molar-refractivity contribution in [3.63, 3.8) is 0 Å². The number of aliphatic carboxylic acids is 1. The first-order chi connectivity index (χ1) is 16.7. The van der Waals surface area contributed by atoms with Crippen LogP contribution in [0.4, 0.5) is 0 Å². The molecule has 5 aromatic carbocycles. The van der Waals surface area contributed by atoms with Gasteiger partial charge in [-0.1, -0.05) is 133 Å². The zero-order valence-corrected chi connectivity index (χ0v) is 18.8. The van der Waals surface area contributed by atoms with Crippen LogP contribution in [0, 0.1) is 5.92 Å². The summed E-state index contributed by atoms with van der Waals surface area (Å²) in [6, 6.07) is 44.6. The summed E-state index contributed by atoms with van der Waals surface area (Å²) in [6.45, 7) is 0. The van der Waals surface area contributed by atoms with Crippen LogP contribution in [0.2, 0.25) is 0 Å². The largest absolute Gasteiger partial charge is 0.481 e. The second-order valence-electron chi connectivity index (χ2n) is 8.68. The lowest BCUT2D eigenvalue weighted by molar-refractivity contribution is -0.143. The van der Waals surface area contributed by atoms with Crippen molar-refractivity contribution in [3.05, 3.63) is 156 Å². The molecule has 0 saturated carbocycles. The molecule has 0 aliphatic rings. The molecule has 5 rings (SSSR count). The van der Waals surface area contributed by atoms with E-state index in [4.69, 9.17) is 0 Å². The van der Waals surface area contributed by atoms with Crippen LogP contribution in [-0.4, -0.2) is 11.1 Å². The van der Waals surface area contributed by atoms with Gasteiger partial charge in [-0.3, -0.25) is 4.79 Å². The van der Waals surface area contributed by atoms with Crippen LogP contribution in [0.1, 0.15) is 22.3 Å². The molecule has 1 atom stereocenters. The third-order valence-corrected chi connectivity index (χ3v) is 6.76. The van der Waals surface area contributed by atoms with Crippen LogP contribution >= 0.6 is 0 Å². The van der Waals surface area contributed by atoms with E-state index < -0.39 is 17.3 Å². The lowest BCUT2D eigenvalue weighted by Crippen LogP contribution is -2.43. The average molecular weight is 443 g/mol. The van der Waals surface area contributed by atoms with E-state index >= 15 is 0 Å². The lowest BCUT2D eigenvalue weighted by atomic mass is 9.60. The monoisotopic (exact) mass is 442 g/mol. The summed E-state index contributed by atoms with van der Waals surface area (Å²) in [5.41, 5.74) is 3.07. The quantitative estimate of drug-likeness (QED) is 0.273. The Balaban J connectivity index is 1.77. The molecule has 34 heavy (non-hydrogen) atoms. The molecule has 0 unspecified atom stereocenters. The predicted molar refractivity (Wildman–Crippen MR) is 138 cm³/mol. The minimum atomic E-state index is -0.860. The van der Waals surface area contributed by atoms with Crippen molar-refractivity contribution >= 4 is 16.7 Å². The average Bonchev–Trinajstić information content (AvgIpc) is 2.90. The Morgan fingerprint density at radius 3 is 1.50 bits per heavy atom. The van der Waals surface area contributed by atoms with Crippen molar-refractivity contribution < 1.29 is 9.90 Å². The summed E-state index contributed by atoms with van der Waals surface area (Å²) in [5.74, 6) is -1.54. The number of fused-ring (bicyclic) bond motifs is 1. The van der Waals surface area contributed by atoms with Crippen LogP contribution in [0.25, 0.3) is 10.8 Å². The zero-order chi connectivity index (χ0) is 23.4. The highest BCUT2D eigenvalue weighted by Crippen LogP contribution is 2.46. The first-order valence-electron chi connectivity index (χ1n) is 11.6. The van der Waals surface area contributed by atoms with Gasteiger partial charge in [0.1, 0.15) is 0 Å². The number of hydrogen-bond donors (Lipinski definition) is 1. The van der Waals surface area contributed by atoms with Gasteiger partial charge in [0.25, 0.3) is 0 Å². The van der Waals surface area contributed by atoms with Crippen molar-refractivity contribution in [1.29, 1.82) is 0 Å². The Labute approximate surface area is 200 Å². The molecule has 0 aromatic heterocycles. The summed E-state index contributed by atoms with van der Waals surface area (Å²) in [7, 11) is 0. The highest BCUT2D eigenvalue weighted by Gasteiger charge is 2.47. The van der Waals surface area contributed by atoms with Crippen LogP contribution < -0.4 is 0 Å². The second kappa shape index (κ2) is 9.36. The standard InChI is InChI=1S/C32H26O2/c33-31(34)30(23-24-20-21-25-12-10-11-13-26(25)22-24)32(27-14-4-1-5-15-27,28-16-6-2-7-17-28)29-18-8-3-9-19-29/h1-22,30H,23H2,(H,33,34)/t30-/m1/s1. The molecular weight excluding hydrogens is 416 g/mol. The minimum Gasteiger partial charge on any atom is -0.481 e. The normalized spacial score (nSPS) is 12.4. The molecule has 166 valence electrons. The fraction of sp³-hybridized carbons (Fsp3) is 0.0938. The van der Waals surface area contributed by atoms with Gasteiger partial charge in [-0.15, -0.1) is 0 Å². The number of rotatable bonds is 7. The number of benzene rings is 5. The van der Waals surface area contributed by atoms with Gasteiger partial charge in [0.15, 0.2) is 0 Å². The summed E-state index contributed by atoms with van der Waals surface area (Å²) in [4.78, 5) is 13.1. The van der Waals surface area contributed by atoms with E-state index in [1.54, 1.807) is 0 Å². The van der Waals surface area contributed by atoms with Gasteiger partial charge in [0.05, 0.1) is 11.3 Å². The number of carbonyl (C=O) groups is 1. The highest BCUT2D eigenvalue weighted by atomic mass is 16.4. The molecule has 0 aliphatic heterocycles. The van der Waals surface area contributed by atoms with Gasteiger partial charge in [-0.25, -0.2) is 0 Å². The molecule has 0 bridgehead atoms. The van der Waals surface area contributed by atoms with Crippen LogP contribution in [0.3, 0.4) is 0 Å². The van der Waals surface area contributed by atoms with Gasteiger partial charge in [-0.2, -0.15) is 0 Å². The fourth-order valence-electron chi connectivity index (χ4n) is 5.23. The molecule has 5 aromatic rings. The van der Waals surface area contributed by atoms with E-state index in [0.717, 1.165) is 33.0 Å². The predicted octanol–water partition coefficient (Wildman–Crippen LogP) is 7.12. The maximum atomic E-state index is 13.1. The van der Waals surface area contributed by atoms with E-state index in [1.165, 1.54) is 0 Å².